The van der Waals surface area contributed by atoms with E-state index in [0.717, 1.165) is 0 Å². The molecule has 2 aromatic heterocycles. The van der Waals surface area contributed by atoms with Crippen LogP contribution in [0.3, 0.4) is 0 Å². The van der Waals surface area contributed by atoms with Gasteiger partial charge in [0.15, 0.2) is 11.0 Å². The van der Waals surface area contributed by atoms with Crippen LogP contribution in [0.15, 0.2) is 23.4 Å². The van der Waals surface area contributed by atoms with Gasteiger partial charge >= 0.3 is 0 Å². The molecular weight excluding hydrogens is 306 g/mol. The predicted octanol–water partition coefficient (Wildman–Crippen LogP) is 1.71. The van der Waals surface area contributed by atoms with Gasteiger partial charge in [0.2, 0.25) is 5.95 Å². The van der Waals surface area contributed by atoms with Gasteiger partial charge in [0.1, 0.15) is 0 Å². The molecule has 0 aliphatic carbocycles. The van der Waals surface area contributed by atoms with Gasteiger partial charge in [0, 0.05) is 17.2 Å². The van der Waals surface area contributed by atoms with Crippen molar-refractivity contribution in [3.8, 4) is 11.4 Å². The fourth-order valence-corrected chi connectivity index (χ4v) is 2.30. The molecule has 3 rings (SSSR count). The molecule has 0 aliphatic rings. The largest absolute Gasteiger partial charge is 0.368 e. The minimum Gasteiger partial charge on any atom is -0.368 e. The fraction of sp³-hybridized carbons (Fsp3) is 0.167. The number of hydrogen-bond donors (Lipinski definition) is 1. The van der Waals surface area contributed by atoms with Crippen molar-refractivity contribution in [1.29, 1.82) is 0 Å². The van der Waals surface area contributed by atoms with E-state index in [9.17, 15) is 10.1 Å². The molecule has 1 aromatic carbocycles. The number of aromatic nitrogens is 5. The quantitative estimate of drug-likeness (QED) is 0.439. The number of fused-ring (bicyclic) bond motifs is 1. The van der Waals surface area contributed by atoms with Gasteiger partial charge in [0.25, 0.3) is 11.5 Å². The SMILES string of the molecule is CSc1nc(N)n2nc(-c3ccc(C)c([N+](=O)[O-])c3)nc2n1. The van der Waals surface area contributed by atoms with Crippen molar-refractivity contribution in [2.45, 2.75) is 12.1 Å². The van der Waals surface area contributed by atoms with Gasteiger partial charge in [-0.05, 0) is 13.2 Å². The van der Waals surface area contributed by atoms with E-state index in [1.807, 2.05) is 6.26 Å². The zero-order valence-electron chi connectivity index (χ0n) is 11.7. The van der Waals surface area contributed by atoms with Crippen molar-refractivity contribution in [1.82, 2.24) is 24.6 Å². The Morgan fingerprint density at radius 3 is 2.77 bits per heavy atom. The molecule has 0 aliphatic heterocycles. The Labute approximate surface area is 128 Å². The molecule has 22 heavy (non-hydrogen) atoms. The van der Waals surface area contributed by atoms with Crippen LogP contribution in [0.5, 0.6) is 0 Å². The zero-order chi connectivity index (χ0) is 15.9. The summed E-state index contributed by atoms with van der Waals surface area (Å²) in [5, 5.41) is 15.7. The number of anilines is 1. The number of hydrogen-bond acceptors (Lipinski definition) is 8. The Morgan fingerprint density at radius 2 is 2.09 bits per heavy atom. The average molecular weight is 317 g/mol. The highest BCUT2D eigenvalue weighted by molar-refractivity contribution is 7.98. The Balaban J connectivity index is 2.16. The second kappa shape index (κ2) is 5.22. The van der Waals surface area contributed by atoms with Crippen molar-refractivity contribution < 1.29 is 4.92 Å². The zero-order valence-corrected chi connectivity index (χ0v) is 12.5. The first-order valence-electron chi connectivity index (χ1n) is 6.19. The molecule has 0 saturated carbocycles. The van der Waals surface area contributed by atoms with Gasteiger partial charge in [-0.3, -0.25) is 10.1 Å². The molecule has 2 N–H and O–H groups in total. The van der Waals surface area contributed by atoms with Crippen molar-refractivity contribution in [3.05, 3.63) is 33.9 Å². The Kier molecular flexibility index (Phi) is 3.37. The van der Waals surface area contributed by atoms with E-state index < -0.39 is 4.92 Å². The van der Waals surface area contributed by atoms with E-state index in [1.165, 1.54) is 22.3 Å². The summed E-state index contributed by atoms with van der Waals surface area (Å²) in [7, 11) is 0. The van der Waals surface area contributed by atoms with Crippen LogP contribution in [0.1, 0.15) is 5.56 Å². The van der Waals surface area contributed by atoms with Crippen LogP contribution >= 0.6 is 11.8 Å². The summed E-state index contributed by atoms with van der Waals surface area (Å²) in [6.45, 7) is 1.67. The molecule has 0 unspecified atom stereocenters. The highest BCUT2D eigenvalue weighted by Gasteiger charge is 2.16. The lowest BCUT2D eigenvalue weighted by Gasteiger charge is -1.99. The maximum absolute atomic E-state index is 11.0. The van der Waals surface area contributed by atoms with E-state index >= 15 is 0 Å². The standard InChI is InChI=1S/C12H11N7O2S/c1-6-3-4-7(5-8(6)19(20)21)9-14-11-16-12(22-2)15-10(13)18(11)17-9/h3-5H,1-2H3,(H2,13,14,15,16,17). The third-order valence-electron chi connectivity index (χ3n) is 3.06. The number of nitrogens with zero attached hydrogens (tertiary/aromatic N) is 6. The maximum atomic E-state index is 11.0. The van der Waals surface area contributed by atoms with Crippen molar-refractivity contribution in [3.63, 3.8) is 0 Å². The Bertz CT molecular complexity index is 893. The Morgan fingerprint density at radius 1 is 1.32 bits per heavy atom. The summed E-state index contributed by atoms with van der Waals surface area (Å²) in [6.07, 6.45) is 1.83. The second-order valence-electron chi connectivity index (χ2n) is 4.47. The number of nitrogens with two attached hydrogens (primary N) is 1. The van der Waals surface area contributed by atoms with Crippen LogP contribution in [0.2, 0.25) is 0 Å². The summed E-state index contributed by atoms with van der Waals surface area (Å²) in [6, 6.07) is 4.81. The molecule has 0 bridgehead atoms. The molecular formula is C12H11N7O2S. The number of aryl methyl sites for hydroxylation is 1. The van der Waals surface area contributed by atoms with E-state index in [0.29, 0.717) is 27.9 Å². The van der Waals surface area contributed by atoms with Crippen LogP contribution in [0, 0.1) is 17.0 Å². The molecule has 3 aromatic rings. The van der Waals surface area contributed by atoms with Gasteiger partial charge in [0.05, 0.1) is 4.92 Å². The van der Waals surface area contributed by atoms with Gasteiger partial charge in [-0.15, -0.1) is 5.10 Å². The number of nitro groups is 1. The predicted molar refractivity (Wildman–Crippen MR) is 81.6 cm³/mol. The second-order valence-corrected chi connectivity index (χ2v) is 5.25. The first kappa shape index (κ1) is 14.2. The molecule has 9 nitrogen and oxygen atoms in total. The lowest BCUT2D eigenvalue weighted by atomic mass is 10.1. The number of thioether (sulfide) groups is 1. The van der Waals surface area contributed by atoms with Gasteiger partial charge in [-0.1, -0.05) is 23.9 Å². The van der Waals surface area contributed by atoms with E-state index in [1.54, 1.807) is 19.1 Å². The van der Waals surface area contributed by atoms with Crippen LogP contribution in [-0.4, -0.2) is 35.7 Å². The van der Waals surface area contributed by atoms with Crippen LogP contribution in [-0.2, 0) is 0 Å². The van der Waals surface area contributed by atoms with Crippen LogP contribution in [0.4, 0.5) is 11.6 Å². The molecule has 112 valence electrons. The maximum Gasteiger partial charge on any atom is 0.273 e. The van der Waals surface area contributed by atoms with Gasteiger partial charge in [-0.25, -0.2) is 0 Å². The van der Waals surface area contributed by atoms with Gasteiger partial charge < -0.3 is 5.73 Å². The summed E-state index contributed by atoms with van der Waals surface area (Å²) in [4.78, 5) is 23.1. The number of rotatable bonds is 3. The lowest BCUT2D eigenvalue weighted by molar-refractivity contribution is -0.385. The molecule has 0 amide bonds. The topological polar surface area (TPSA) is 125 Å². The molecule has 10 heteroatoms. The van der Waals surface area contributed by atoms with Crippen molar-refractivity contribution >= 4 is 29.2 Å². The van der Waals surface area contributed by atoms with Crippen molar-refractivity contribution in [2.24, 2.45) is 0 Å². The highest BCUT2D eigenvalue weighted by atomic mass is 32.2. The third kappa shape index (κ3) is 2.33. The third-order valence-corrected chi connectivity index (χ3v) is 3.61. The van der Waals surface area contributed by atoms with E-state index in [4.69, 9.17) is 5.73 Å². The molecule has 0 radical (unpaired) electrons. The molecule has 2 heterocycles. The minimum atomic E-state index is -0.436. The van der Waals surface area contributed by atoms with Crippen LogP contribution < -0.4 is 5.73 Å². The monoisotopic (exact) mass is 317 g/mol. The van der Waals surface area contributed by atoms with Crippen molar-refractivity contribution in [2.75, 3.05) is 12.0 Å². The lowest BCUT2D eigenvalue weighted by Crippen LogP contribution is -2.04. The first-order chi connectivity index (χ1) is 10.5. The fourth-order valence-electron chi connectivity index (χ4n) is 1.94. The summed E-state index contributed by atoms with van der Waals surface area (Å²) < 4.78 is 1.31. The number of benzene rings is 1. The first-order valence-corrected chi connectivity index (χ1v) is 7.42. The molecule has 0 saturated heterocycles. The summed E-state index contributed by atoms with van der Waals surface area (Å²) in [5.41, 5.74) is 6.92. The summed E-state index contributed by atoms with van der Waals surface area (Å²) in [5.74, 6) is 0.771. The average Bonchev–Trinajstić information content (AvgIpc) is 2.91. The normalized spacial score (nSPS) is 11.0. The van der Waals surface area contributed by atoms with Gasteiger partial charge in [-0.2, -0.15) is 19.5 Å². The number of nitro benzene ring substituents is 1. The minimum absolute atomic E-state index is 0.0141. The Hall–Kier alpha value is -2.75. The highest BCUT2D eigenvalue weighted by Crippen LogP contribution is 2.25. The van der Waals surface area contributed by atoms with Crippen LogP contribution in [0.25, 0.3) is 17.2 Å². The smallest absolute Gasteiger partial charge is 0.273 e. The molecule has 0 fully saturated rings. The van der Waals surface area contributed by atoms with E-state index in [2.05, 4.69) is 20.1 Å². The molecule has 0 spiro atoms. The summed E-state index contributed by atoms with van der Waals surface area (Å²) >= 11 is 1.34. The molecule has 0 atom stereocenters. The number of nitrogen functional groups attached to an aromatic ring is 1. The van der Waals surface area contributed by atoms with E-state index in [-0.39, 0.29) is 11.6 Å².